The van der Waals surface area contributed by atoms with E-state index >= 15 is 0 Å². The third-order valence-corrected chi connectivity index (χ3v) is 6.78. The van der Waals surface area contributed by atoms with Crippen molar-refractivity contribution in [2.24, 2.45) is 0 Å². The lowest BCUT2D eigenvalue weighted by molar-refractivity contribution is 0.0201. The van der Waals surface area contributed by atoms with Gasteiger partial charge in [-0.2, -0.15) is 0 Å². The number of rotatable bonds is 2. The normalized spacial score (nSPS) is 21.7. The molecule has 0 radical (unpaired) electrons. The van der Waals surface area contributed by atoms with Crippen LogP contribution in [-0.4, -0.2) is 39.0 Å². The van der Waals surface area contributed by atoms with E-state index < -0.39 is 0 Å². The number of hydrogen-bond donors (Lipinski definition) is 0. The van der Waals surface area contributed by atoms with Gasteiger partial charge in [0.1, 0.15) is 12.4 Å². The molecule has 1 amide bonds. The average Bonchev–Trinajstić information content (AvgIpc) is 3.33. The molecule has 1 atom stereocenters. The van der Waals surface area contributed by atoms with E-state index in [-0.39, 0.29) is 24.0 Å². The Morgan fingerprint density at radius 1 is 1.14 bits per heavy atom. The predicted molar refractivity (Wildman–Crippen MR) is 107 cm³/mol. The van der Waals surface area contributed by atoms with Gasteiger partial charge in [-0.3, -0.25) is 9.36 Å². The largest absolute Gasteiger partial charge is 0.458 e. The number of ether oxygens (including phenoxy) is 1. The minimum atomic E-state index is -0.363. The van der Waals surface area contributed by atoms with Crippen molar-refractivity contribution in [1.29, 1.82) is 0 Å². The second kappa shape index (κ2) is 7.03. The zero-order chi connectivity index (χ0) is 19.3. The number of halogens is 1. The van der Waals surface area contributed by atoms with Gasteiger partial charge < -0.3 is 9.64 Å². The van der Waals surface area contributed by atoms with Crippen molar-refractivity contribution in [3.8, 4) is 5.69 Å². The van der Waals surface area contributed by atoms with Crippen molar-refractivity contribution in [3.63, 3.8) is 0 Å². The van der Waals surface area contributed by atoms with Gasteiger partial charge in [0, 0.05) is 11.0 Å². The van der Waals surface area contributed by atoms with E-state index in [1.54, 1.807) is 6.33 Å². The summed E-state index contributed by atoms with van der Waals surface area (Å²) in [5.74, 6) is -0.362. The first-order valence-electron chi connectivity index (χ1n) is 10.0. The molecule has 7 heteroatoms. The van der Waals surface area contributed by atoms with Gasteiger partial charge in [-0.15, -0.1) is 0 Å². The molecular formula is C21H22BrN3O3. The Morgan fingerprint density at radius 2 is 1.96 bits per heavy atom. The Balaban J connectivity index is 1.60. The summed E-state index contributed by atoms with van der Waals surface area (Å²) >= 11 is 3.53. The number of benzene rings is 1. The van der Waals surface area contributed by atoms with Crippen LogP contribution in [0, 0.1) is 0 Å². The second-order valence-corrected chi connectivity index (χ2v) is 8.66. The number of carbonyl (C=O) groups is 2. The third-order valence-electron chi connectivity index (χ3n) is 6.12. The molecule has 2 aliphatic heterocycles. The lowest BCUT2D eigenvalue weighted by Crippen LogP contribution is -2.31. The summed E-state index contributed by atoms with van der Waals surface area (Å²) < 4.78 is 8.47. The van der Waals surface area contributed by atoms with Gasteiger partial charge in [0.2, 0.25) is 0 Å². The molecule has 0 N–H and O–H groups in total. The maximum absolute atomic E-state index is 13.2. The Bertz CT molecular complexity index is 948. The van der Waals surface area contributed by atoms with E-state index in [0.717, 1.165) is 54.4 Å². The molecule has 5 rings (SSSR count). The van der Waals surface area contributed by atoms with Crippen LogP contribution in [0.2, 0.25) is 0 Å². The van der Waals surface area contributed by atoms with Gasteiger partial charge >= 0.3 is 5.97 Å². The standard InChI is InChI=1S/C21H22BrN3O3/c22-14-8-4-9-15-17(14)20(26)24-11-5-10-16(24)19-18(23-12-25(15)19)21(27)28-13-6-2-1-3-7-13/h4,8-9,12-13,16H,1-3,5-7,10-11H2/t16-/m0/s1. The number of imidazole rings is 1. The van der Waals surface area contributed by atoms with Gasteiger partial charge in [0.25, 0.3) is 5.91 Å². The summed E-state index contributed by atoms with van der Waals surface area (Å²) in [6.07, 6.45) is 8.64. The first-order chi connectivity index (χ1) is 13.6. The molecule has 1 saturated carbocycles. The van der Waals surface area contributed by atoms with Crippen LogP contribution in [0.1, 0.15) is 77.5 Å². The van der Waals surface area contributed by atoms with Crippen molar-refractivity contribution in [2.45, 2.75) is 57.1 Å². The molecule has 2 fully saturated rings. The molecule has 0 spiro atoms. The molecule has 2 aromatic rings. The van der Waals surface area contributed by atoms with Crippen molar-refractivity contribution in [2.75, 3.05) is 6.54 Å². The van der Waals surface area contributed by atoms with E-state index in [1.807, 2.05) is 27.7 Å². The lowest BCUT2D eigenvalue weighted by atomic mass is 9.98. The summed E-state index contributed by atoms with van der Waals surface area (Å²) in [6.45, 7) is 0.687. The number of hydrogen-bond acceptors (Lipinski definition) is 4. The van der Waals surface area contributed by atoms with Crippen molar-refractivity contribution in [3.05, 3.63) is 46.0 Å². The van der Waals surface area contributed by atoms with E-state index in [4.69, 9.17) is 4.74 Å². The number of fused-ring (bicyclic) bond motifs is 5. The Labute approximate surface area is 172 Å². The molecule has 1 aliphatic carbocycles. The summed E-state index contributed by atoms with van der Waals surface area (Å²) in [4.78, 5) is 32.6. The molecule has 3 aliphatic rings. The summed E-state index contributed by atoms with van der Waals surface area (Å²) in [5.41, 5.74) is 2.51. The highest BCUT2D eigenvalue weighted by Crippen LogP contribution is 2.41. The van der Waals surface area contributed by atoms with Crippen molar-refractivity contribution >= 4 is 27.8 Å². The van der Waals surface area contributed by atoms with Crippen molar-refractivity contribution in [1.82, 2.24) is 14.5 Å². The van der Waals surface area contributed by atoms with Crippen molar-refractivity contribution < 1.29 is 14.3 Å². The molecule has 1 aromatic heterocycles. The minimum Gasteiger partial charge on any atom is -0.458 e. The smallest absolute Gasteiger partial charge is 0.359 e. The van der Waals surface area contributed by atoms with Gasteiger partial charge in [-0.05, 0) is 66.6 Å². The summed E-state index contributed by atoms with van der Waals surface area (Å²) in [5, 5.41) is 0. The van der Waals surface area contributed by atoms with Crippen LogP contribution in [0.5, 0.6) is 0 Å². The van der Waals surface area contributed by atoms with Gasteiger partial charge in [-0.1, -0.05) is 12.5 Å². The number of esters is 1. The molecule has 0 bridgehead atoms. The highest BCUT2D eigenvalue weighted by Gasteiger charge is 2.41. The van der Waals surface area contributed by atoms with E-state index in [2.05, 4.69) is 20.9 Å². The first-order valence-corrected chi connectivity index (χ1v) is 10.8. The molecule has 146 valence electrons. The molecule has 0 unspecified atom stereocenters. The number of aromatic nitrogens is 2. The Hall–Kier alpha value is -2.15. The Morgan fingerprint density at radius 3 is 2.79 bits per heavy atom. The van der Waals surface area contributed by atoms with E-state index in [1.165, 1.54) is 6.42 Å². The third kappa shape index (κ3) is 2.79. The predicted octanol–water partition coefficient (Wildman–Crippen LogP) is 4.42. The molecular weight excluding hydrogens is 422 g/mol. The zero-order valence-electron chi connectivity index (χ0n) is 15.6. The van der Waals surface area contributed by atoms with Crippen LogP contribution in [0.15, 0.2) is 29.0 Å². The molecule has 6 nitrogen and oxygen atoms in total. The number of nitrogens with zero attached hydrogens (tertiary/aromatic N) is 3. The van der Waals surface area contributed by atoms with Gasteiger partial charge in [0.05, 0.1) is 23.0 Å². The van der Waals surface area contributed by atoms with Crippen LogP contribution in [0.3, 0.4) is 0 Å². The minimum absolute atomic E-state index is 0.000253. The zero-order valence-corrected chi connectivity index (χ0v) is 17.2. The SMILES string of the molecule is O=C(OC1CCCCC1)c1ncn2c1[C@@H]1CCCN1C(=O)c1c(Br)cccc1-2. The fraction of sp³-hybridized carbons (Fsp3) is 0.476. The maximum Gasteiger partial charge on any atom is 0.359 e. The van der Waals surface area contributed by atoms with Crippen LogP contribution in [0.25, 0.3) is 5.69 Å². The van der Waals surface area contributed by atoms with Gasteiger partial charge in [-0.25, -0.2) is 9.78 Å². The quantitative estimate of drug-likeness (QED) is 0.644. The van der Waals surface area contributed by atoms with Crippen LogP contribution in [-0.2, 0) is 4.74 Å². The number of amides is 1. The van der Waals surface area contributed by atoms with Gasteiger partial charge in [0.15, 0.2) is 5.69 Å². The highest BCUT2D eigenvalue weighted by molar-refractivity contribution is 9.10. The van der Waals surface area contributed by atoms with Crippen LogP contribution in [0.4, 0.5) is 0 Å². The maximum atomic E-state index is 13.2. The molecule has 3 heterocycles. The summed E-state index contributed by atoms with van der Waals surface area (Å²) in [7, 11) is 0. The first kappa shape index (κ1) is 17.9. The monoisotopic (exact) mass is 443 g/mol. The summed E-state index contributed by atoms with van der Waals surface area (Å²) in [6, 6.07) is 5.53. The highest BCUT2D eigenvalue weighted by atomic mass is 79.9. The second-order valence-electron chi connectivity index (χ2n) is 7.80. The van der Waals surface area contributed by atoms with Crippen LogP contribution >= 0.6 is 15.9 Å². The lowest BCUT2D eigenvalue weighted by Gasteiger charge is -2.24. The molecule has 28 heavy (non-hydrogen) atoms. The molecule has 1 saturated heterocycles. The fourth-order valence-electron chi connectivity index (χ4n) is 4.78. The fourth-order valence-corrected chi connectivity index (χ4v) is 5.30. The molecule has 1 aromatic carbocycles. The average molecular weight is 444 g/mol. The van der Waals surface area contributed by atoms with E-state index in [9.17, 15) is 9.59 Å². The Kier molecular flexibility index (Phi) is 4.50. The topological polar surface area (TPSA) is 64.4 Å². The van der Waals surface area contributed by atoms with Crippen LogP contribution < -0.4 is 0 Å². The van der Waals surface area contributed by atoms with E-state index in [0.29, 0.717) is 17.8 Å². The number of carbonyl (C=O) groups excluding carboxylic acids is 2.